The molecular formula is C15H21ClN2O2. The molecule has 2 N–H and O–H groups in total. The van der Waals surface area contributed by atoms with Crippen LogP contribution in [0.3, 0.4) is 0 Å². The summed E-state index contributed by atoms with van der Waals surface area (Å²) in [6.07, 6.45) is -0.670. The van der Waals surface area contributed by atoms with Crippen LogP contribution in [0.25, 0.3) is 0 Å². The molecule has 0 saturated carbocycles. The van der Waals surface area contributed by atoms with Gasteiger partial charge in [-0.1, -0.05) is 13.8 Å². The second-order valence-electron chi connectivity index (χ2n) is 5.81. The molecule has 1 aromatic carbocycles. The van der Waals surface area contributed by atoms with Crippen LogP contribution in [-0.2, 0) is 0 Å². The first-order valence-corrected chi connectivity index (χ1v) is 6.52. The zero-order chi connectivity index (χ0) is 14.2. The lowest BCUT2D eigenvalue weighted by Gasteiger charge is -2.43. The third-order valence-corrected chi connectivity index (χ3v) is 3.39. The Bertz CT molecular complexity index is 523. The van der Waals surface area contributed by atoms with E-state index in [0.29, 0.717) is 5.56 Å². The minimum absolute atomic E-state index is 0. The van der Waals surface area contributed by atoms with Gasteiger partial charge in [0.2, 0.25) is 0 Å². The summed E-state index contributed by atoms with van der Waals surface area (Å²) in [7, 11) is 0. The second-order valence-corrected chi connectivity index (χ2v) is 5.81. The quantitative estimate of drug-likeness (QED) is 0.880. The standard InChI is InChI=1S/C15H20N2O2.ClH/c1-9(2)17-13-11-7-10(8-16)5-6-12(11)19-15(3,4)14(13)18;/h5-7,9,13-14,17-18H,1-4H3;1H/t13-,14+;/m1./s1. The van der Waals surface area contributed by atoms with Crippen molar-refractivity contribution < 1.29 is 9.84 Å². The first-order valence-electron chi connectivity index (χ1n) is 6.52. The summed E-state index contributed by atoms with van der Waals surface area (Å²) in [6, 6.07) is 7.44. The van der Waals surface area contributed by atoms with Crippen molar-refractivity contribution in [1.82, 2.24) is 5.32 Å². The van der Waals surface area contributed by atoms with Gasteiger partial charge in [0.05, 0.1) is 17.7 Å². The molecule has 0 radical (unpaired) electrons. The maximum absolute atomic E-state index is 10.5. The van der Waals surface area contributed by atoms with E-state index in [1.165, 1.54) is 0 Å². The van der Waals surface area contributed by atoms with E-state index in [1.807, 2.05) is 27.7 Å². The van der Waals surface area contributed by atoms with Crippen molar-refractivity contribution in [2.24, 2.45) is 0 Å². The van der Waals surface area contributed by atoms with Gasteiger partial charge in [-0.2, -0.15) is 5.26 Å². The van der Waals surface area contributed by atoms with E-state index in [2.05, 4.69) is 11.4 Å². The summed E-state index contributed by atoms with van der Waals surface area (Å²) < 4.78 is 5.84. The highest BCUT2D eigenvalue weighted by Crippen LogP contribution is 2.40. The molecule has 0 spiro atoms. The van der Waals surface area contributed by atoms with Gasteiger partial charge in [-0.3, -0.25) is 0 Å². The molecule has 1 aliphatic rings. The zero-order valence-corrected chi connectivity index (χ0v) is 13.0. The van der Waals surface area contributed by atoms with Crippen LogP contribution < -0.4 is 10.1 Å². The SMILES string of the molecule is CC(C)N[C@@H]1c2cc(C#N)ccc2OC(C)(C)[C@H]1O.Cl. The lowest BCUT2D eigenvalue weighted by Crippen LogP contribution is -2.53. The van der Waals surface area contributed by atoms with Crippen molar-refractivity contribution in [3.05, 3.63) is 29.3 Å². The van der Waals surface area contributed by atoms with Crippen LogP contribution in [-0.4, -0.2) is 22.9 Å². The van der Waals surface area contributed by atoms with Crippen molar-refractivity contribution in [2.45, 2.75) is 51.5 Å². The smallest absolute Gasteiger partial charge is 0.131 e. The van der Waals surface area contributed by atoms with E-state index in [1.54, 1.807) is 18.2 Å². The topological polar surface area (TPSA) is 65.3 Å². The Morgan fingerprint density at radius 3 is 2.60 bits per heavy atom. The molecule has 0 saturated heterocycles. The van der Waals surface area contributed by atoms with Crippen LogP contribution in [0.5, 0.6) is 5.75 Å². The molecule has 0 aliphatic carbocycles. The molecule has 0 unspecified atom stereocenters. The van der Waals surface area contributed by atoms with Crippen molar-refractivity contribution in [3.63, 3.8) is 0 Å². The fourth-order valence-corrected chi connectivity index (χ4v) is 2.41. The summed E-state index contributed by atoms with van der Waals surface area (Å²) in [5.41, 5.74) is 0.762. The van der Waals surface area contributed by atoms with E-state index in [9.17, 15) is 5.11 Å². The van der Waals surface area contributed by atoms with Crippen molar-refractivity contribution in [2.75, 3.05) is 0 Å². The second kappa shape index (κ2) is 6.01. The van der Waals surface area contributed by atoms with Crippen LogP contribution >= 0.6 is 12.4 Å². The summed E-state index contributed by atoms with van der Waals surface area (Å²) in [6.45, 7) is 7.80. The molecule has 1 aromatic rings. The van der Waals surface area contributed by atoms with Crippen molar-refractivity contribution in [3.8, 4) is 11.8 Å². The fraction of sp³-hybridized carbons (Fsp3) is 0.533. The Balaban J connectivity index is 0.00000200. The van der Waals surface area contributed by atoms with Gasteiger partial charge in [0.15, 0.2) is 0 Å². The number of fused-ring (bicyclic) bond motifs is 1. The van der Waals surface area contributed by atoms with Crippen molar-refractivity contribution in [1.29, 1.82) is 5.26 Å². The Morgan fingerprint density at radius 1 is 1.40 bits per heavy atom. The number of hydrogen-bond donors (Lipinski definition) is 2. The van der Waals surface area contributed by atoms with Gasteiger partial charge < -0.3 is 15.2 Å². The van der Waals surface area contributed by atoms with Gasteiger partial charge in [0.1, 0.15) is 17.5 Å². The minimum atomic E-state index is -0.670. The molecular weight excluding hydrogens is 276 g/mol. The fourth-order valence-electron chi connectivity index (χ4n) is 2.41. The van der Waals surface area contributed by atoms with Gasteiger partial charge in [-0.05, 0) is 32.0 Å². The summed E-state index contributed by atoms with van der Waals surface area (Å²) in [5.74, 6) is 0.729. The molecule has 0 amide bonds. The molecule has 0 fully saturated rings. The van der Waals surface area contributed by atoms with Crippen molar-refractivity contribution >= 4 is 12.4 Å². The maximum atomic E-state index is 10.5. The Kier molecular flexibility index (Phi) is 5.04. The summed E-state index contributed by atoms with van der Waals surface area (Å²) in [4.78, 5) is 0. The number of ether oxygens (including phenoxy) is 1. The molecule has 0 aromatic heterocycles. The lowest BCUT2D eigenvalue weighted by atomic mass is 9.85. The maximum Gasteiger partial charge on any atom is 0.131 e. The summed E-state index contributed by atoms with van der Waals surface area (Å²) in [5, 5.41) is 22.8. The molecule has 1 heterocycles. The molecule has 0 bridgehead atoms. The molecule has 5 heteroatoms. The van der Waals surface area contributed by atoms with E-state index < -0.39 is 11.7 Å². The molecule has 1 aliphatic heterocycles. The largest absolute Gasteiger partial charge is 0.485 e. The molecule has 20 heavy (non-hydrogen) atoms. The summed E-state index contributed by atoms with van der Waals surface area (Å²) >= 11 is 0. The zero-order valence-electron chi connectivity index (χ0n) is 12.2. The highest BCUT2D eigenvalue weighted by Gasteiger charge is 2.42. The number of hydrogen-bond acceptors (Lipinski definition) is 4. The number of nitrogens with zero attached hydrogens (tertiary/aromatic N) is 1. The van der Waals surface area contributed by atoms with Gasteiger partial charge in [-0.15, -0.1) is 12.4 Å². The Labute approximate surface area is 126 Å². The van der Waals surface area contributed by atoms with Gasteiger partial charge >= 0.3 is 0 Å². The van der Waals surface area contributed by atoms with E-state index >= 15 is 0 Å². The molecule has 4 nitrogen and oxygen atoms in total. The monoisotopic (exact) mass is 296 g/mol. The van der Waals surface area contributed by atoms with Gasteiger partial charge in [0, 0.05) is 11.6 Å². The third kappa shape index (κ3) is 3.06. The molecule has 2 atom stereocenters. The highest BCUT2D eigenvalue weighted by atomic mass is 35.5. The van der Waals surface area contributed by atoms with Crippen LogP contribution in [0, 0.1) is 11.3 Å². The van der Waals surface area contributed by atoms with E-state index in [4.69, 9.17) is 10.00 Å². The number of halogens is 1. The third-order valence-electron chi connectivity index (χ3n) is 3.39. The Morgan fingerprint density at radius 2 is 2.05 bits per heavy atom. The molecule has 110 valence electrons. The predicted molar refractivity (Wildman–Crippen MR) is 80.1 cm³/mol. The average Bonchev–Trinajstić information content (AvgIpc) is 2.34. The molecule has 2 rings (SSSR count). The lowest BCUT2D eigenvalue weighted by molar-refractivity contribution is -0.0658. The Hall–Kier alpha value is -1.28. The first kappa shape index (κ1) is 16.8. The van der Waals surface area contributed by atoms with Gasteiger partial charge in [-0.25, -0.2) is 0 Å². The highest BCUT2D eigenvalue weighted by molar-refractivity contribution is 5.85. The number of aliphatic hydroxyl groups is 1. The van der Waals surface area contributed by atoms with Crippen LogP contribution in [0.4, 0.5) is 0 Å². The van der Waals surface area contributed by atoms with Crippen LogP contribution in [0.2, 0.25) is 0 Å². The average molecular weight is 297 g/mol. The van der Waals surface area contributed by atoms with Gasteiger partial charge in [0.25, 0.3) is 0 Å². The normalized spacial score (nSPS) is 23.2. The number of nitrogens with one attached hydrogen (secondary N) is 1. The number of benzene rings is 1. The van der Waals surface area contributed by atoms with Crippen LogP contribution in [0.15, 0.2) is 18.2 Å². The number of rotatable bonds is 2. The minimum Gasteiger partial charge on any atom is -0.485 e. The van der Waals surface area contributed by atoms with E-state index in [-0.39, 0.29) is 24.5 Å². The van der Waals surface area contributed by atoms with Crippen LogP contribution in [0.1, 0.15) is 44.9 Å². The number of nitriles is 1. The predicted octanol–water partition coefficient (Wildman–Crippen LogP) is 2.55. The first-order chi connectivity index (χ1) is 8.85. The number of aliphatic hydroxyl groups excluding tert-OH is 1. The van der Waals surface area contributed by atoms with E-state index in [0.717, 1.165) is 11.3 Å².